The standard InChI is InChI=1S/C27H22N6O/c1-34-23-13-7-20(8-14-23)24-15-16-26(33-32-24)30-21-9-11-22(12-10-21)31-27-17-25(28-18-29-27)19-5-3-2-4-6-19/h2-18H,1H3,(H,30,33)(H,28,29,31). The summed E-state index contributed by atoms with van der Waals surface area (Å²) in [5, 5.41) is 15.2. The first-order chi connectivity index (χ1) is 16.8. The molecule has 5 aromatic rings. The fourth-order valence-electron chi connectivity index (χ4n) is 3.44. The van der Waals surface area contributed by atoms with Gasteiger partial charge in [0.05, 0.1) is 18.5 Å². The second kappa shape index (κ2) is 9.79. The van der Waals surface area contributed by atoms with Crippen LogP contribution in [0.4, 0.5) is 23.0 Å². The molecule has 5 rings (SSSR count). The molecule has 0 atom stereocenters. The van der Waals surface area contributed by atoms with E-state index in [-0.39, 0.29) is 0 Å². The average Bonchev–Trinajstić information content (AvgIpc) is 2.91. The summed E-state index contributed by atoms with van der Waals surface area (Å²) >= 11 is 0. The van der Waals surface area contributed by atoms with Crippen molar-refractivity contribution < 1.29 is 4.74 Å². The van der Waals surface area contributed by atoms with Crippen molar-refractivity contribution in [2.45, 2.75) is 0 Å². The number of rotatable bonds is 7. The number of aromatic nitrogens is 4. The SMILES string of the molecule is COc1ccc(-c2ccc(Nc3ccc(Nc4cc(-c5ccccc5)ncn4)cc3)nn2)cc1. The number of nitrogens with one attached hydrogen (secondary N) is 2. The van der Waals surface area contributed by atoms with E-state index in [1.807, 2.05) is 97.1 Å². The maximum Gasteiger partial charge on any atom is 0.153 e. The molecule has 0 bridgehead atoms. The summed E-state index contributed by atoms with van der Waals surface area (Å²) in [6.45, 7) is 0. The highest BCUT2D eigenvalue weighted by atomic mass is 16.5. The summed E-state index contributed by atoms with van der Waals surface area (Å²) in [4.78, 5) is 8.70. The molecule has 7 heteroatoms. The minimum absolute atomic E-state index is 0.668. The Labute approximate surface area is 197 Å². The van der Waals surface area contributed by atoms with Crippen molar-refractivity contribution in [3.05, 3.63) is 103 Å². The van der Waals surface area contributed by atoms with E-state index < -0.39 is 0 Å². The van der Waals surface area contributed by atoms with Crippen LogP contribution in [0, 0.1) is 0 Å². The van der Waals surface area contributed by atoms with Gasteiger partial charge in [0.1, 0.15) is 17.9 Å². The second-order valence-electron chi connectivity index (χ2n) is 7.51. The Hall–Kier alpha value is -4.78. The molecule has 7 nitrogen and oxygen atoms in total. The monoisotopic (exact) mass is 446 g/mol. The Kier molecular flexibility index (Phi) is 6.07. The van der Waals surface area contributed by atoms with Crippen LogP contribution in [0.25, 0.3) is 22.5 Å². The Balaban J connectivity index is 1.23. The average molecular weight is 447 g/mol. The summed E-state index contributed by atoms with van der Waals surface area (Å²) in [6.07, 6.45) is 1.56. The van der Waals surface area contributed by atoms with Gasteiger partial charge in [0.15, 0.2) is 5.82 Å². The highest BCUT2D eigenvalue weighted by molar-refractivity contribution is 5.67. The van der Waals surface area contributed by atoms with Crippen LogP contribution in [0.3, 0.4) is 0 Å². The normalized spacial score (nSPS) is 10.5. The summed E-state index contributed by atoms with van der Waals surface area (Å²) < 4.78 is 5.20. The van der Waals surface area contributed by atoms with Crippen LogP contribution in [0.5, 0.6) is 5.75 Å². The first-order valence-electron chi connectivity index (χ1n) is 10.8. The minimum atomic E-state index is 0.668. The number of anilines is 4. The molecule has 0 amide bonds. The van der Waals surface area contributed by atoms with Gasteiger partial charge in [-0.25, -0.2) is 9.97 Å². The number of hydrogen-bond acceptors (Lipinski definition) is 7. The van der Waals surface area contributed by atoms with Gasteiger partial charge in [-0.15, -0.1) is 10.2 Å². The molecule has 2 heterocycles. The van der Waals surface area contributed by atoms with Crippen LogP contribution >= 0.6 is 0 Å². The van der Waals surface area contributed by atoms with Gasteiger partial charge >= 0.3 is 0 Å². The third kappa shape index (κ3) is 4.99. The quantitative estimate of drug-likeness (QED) is 0.313. The first kappa shape index (κ1) is 21.1. The van der Waals surface area contributed by atoms with Crippen LogP contribution in [-0.2, 0) is 0 Å². The van der Waals surface area contributed by atoms with Crippen LogP contribution in [0.1, 0.15) is 0 Å². The van der Waals surface area contributed by atoms with Crippen LogP contribution in [0.2, 0.25) is 0 Å². The molecule has 0 aliphatic carbocycles. The lowest BCUT2D eigenvalue weighted by atomic mass is 10.1. The molecule has 0 aliphatic rings. The lowest BCUT2D eigenvalue weighted by Crippen LogP contribution is -1.98. The van der Waals surface area contributed by atoms with Crippen molar-refractivity contribution in [3.8, 4) is 28.3 Å². The van der Waals surface area contributed by atoms with E-state index in [2.05, 4.69) is 30.8 Å². The Morgan fingerprint density at radius 2 is 1.26 bits per heavy atom. The summed E-state index contributed by atoms with van der Waals surface area (Å²) in [5.74, 6) is 2.21. The molecule has 0 radical (unpaired) electrons. The number of ether oxygens (including phenoxy) is 1. The maximum absolute atomic E-state index is 5.20. The van der Waals surface area contributed by atoms with E-state index >= 15 is 0 Å². The van der Waals surface area contributed by atoms with Crippen molar-refractivity contribution in [3.63, 3.8) is 0 Å². The topological polar surface area (TPSA) is 84.9 Å². The molecule has 2 N–H and O–H groups in total. The highest BCUT2D eigenvalue weighted by Crippen LogP contribution is 2.24. The van der Waals surface area contributed by atoms with Crippen molar-refractivity contribution in [1.82, 2.24) is 20.2 Å². The summed E-state index contributed by atoms with van der Waals surface area (Å²) in [5.41, 5.74) is 5.52. The number of hydrogen-bond donors (Lipinski definition) is 2. The van der Waals surface area contributed by atoms with E-state index in [1.165, 1.54) is 0 Å². The smallest absolute Gasteiger partial charge is 0.153 e. The van der Waals surface area contributed by atoms with E-state index in [1.54, 1.807) is 13.4 Å². The van der Waals surface area contributed by atoms with Crippen LogP contribution < -0.4 is 15.4 Å². The van der Waals surface area contributed by atoms with Gasteiger partial charge in [0, 0.05) is 28.6 Å². The predicted octanol–water partition coefficient (Wildman–Crippen LogP) is 6.10. The number of methoxy groups -OCH3 is 1. The van der Waals surface area contributed by atoms with Gasteiger partial charge in [0.25, 0.3) is 0 Å². The largest absolute Gasteiger partial charge is 0.497 e. The van der Waals surface area contributed by atoms with Crippen molar-refractivity contribution in [2.24, 2.45) is 0 Å². The van der Waals surface area contributed by atoms with Crippen molar-refractivity contribution >= 4 is 23.0 Å². The minimum Gasteiger partial charge on any atom is -0.497 e. The summed E-state index contributed by atoms with van der Waals surface area (Å²) in [6, 6.07) is 31.4. The third-order valence-corrected chi connectivity index (χ3v) is 5.22. The molecule has 2 aromatic heterocycles. The lowest BCUT2D eigenvalue weighted by molar-refractivity contribution is 0.415. The molecule has 34 heavy (non-hydrogen) atoms. The predicted molar refractivity (Wildman–Crippen MR) is 134 cm³/mol. The van der Waals surface area contributed by atoms with Crippen LogP contribution in [0.15, 0.2) is 103 Å². The maximum atomic E-state index is 5.20. The molecule has 0 saturated carbocycles. The molecule has 0 spiro atoms. The first-order valence-corrected chi connectivity index (χ1v) is 10.8. The molecule has 0 unspecified atom stereocenters. The fraction of sp³-hybridized carbons (Fsp3) is 0.0370. The van der Waals surface area contributed by atoms with Crippen LogP contribution in [-0.4, -0.2) is 27.3 Å². The van der Waals surface area contributed by atoms with Gasteiger partial charge in [-0.2, -0.15) is 0 Å². The van der Waals surface area contributed by atoms with E-state index in [9.17, 15) is 0 Å². The van der Waals surface area contributed by atoms with Gasteiger partial charge in [-0.1, -0.05) is 30.3 Å². The Bertz CT molecular complexity index is 1360. The third-order valence-electron chi connectivity index (χ3n) is 5.22. The van der Waals surface area contributed by atoms with Gasteiger partial charge in [0.2, 0.25) is 0 Å². The molecular weight excluding hydrogens is 424 g/mol. The van der Waals surface area contributed by atoms with Crippen molar-refractivity contribution in [1.29, 1.82) is 0 Å². The molecule has 0 aliphatic heterocycles. The number of benzene rings is 3. The van der Waals surface area contributed by atoms with E-state index in [0.29, 0.717) is 5.82 Å². The van der Waals surface area contributed by atoms with Gasteiger partial charge < -0.3 is 15.4 Å². The highest BCUT2D eigenvalue weighted by Gasteiger charge is 2.04. The van der Waals surface area contributed by atoms with E-state index in [0.717, 1.165) is 45.5 Å². The lowest BCUT2D eigenvalue weighted by Gasteiger charge is -2.09. The van der Waals surface area contributed by atoms with E-state index in [4.69, 9.17) is 4.74 Å². The molecule has 0 saturated heterocycles. The zero-order valence-corrected chi connectivity index (χ0v) is 18.5. The second-order valence-corrected chi connectivity index (χ2v) is 7.51. The summed E-state index contributed by atoms with van der Waals surface area (Å²) in [7, 11) is 1.65. The molecule has 0 fully saturated rings. The Morgan fingerprint density at radius 3 is 1.91 bits per heavy atom. The molecule has 3 aromatic carbocycles. The zero-order chi connectivity index (χ0) is 23.2. The van der Waals surface area contributed by atoms with Gasteiger partial charge in [-0.3, -0.25) is 0 Å². The zero-order valence-electron chi connectivity index (χ0n) is 18.5. The van der Waals surface area contributed by atoms with Crippen molar-refractivity contribution in [2.75, 3.05) is 17.7 Å². The number of nitrogens with zero attached hydrogens (tertiary/aromatic N) is 4. The van der Waals surface area contributed by atoms with Gasteiger partial charge in [-0.05, 0) is 60.7 Å². The molecular formula is C27H22N6O. The Morgan fingerprint density at radius 1 is 0.588 bits per heavy atom. The molecule has 166 valence electrons. The fourth-order valence-corrected chi connectivity index (χ4v) is 3.44.